The van der Waals surface area contributed by atoms with Crippen LogP contribution in [0.4, 0.5) is 0 Å². The monoisotopic (exact) mass is 196 g/mol. The van der Waals surface area contributed by atoms with E-state index in [4.69, 9.17) is 21.6 Å². The Bertz CT molecular complexity index is 384. The van der Waals surface area contributed by atoms with Crippen LogP contribution in [-0.2, 0) is 0 Å². The molecule has 0 amide bonds. The van der Waals surface area contributed by atoms with Gasteiger partial charge >= 0.3 is 0 Å². The van der Waals surface area contributed by atoms with Crippen molar-refractivity contribution in [3.8, 4) is 11.9 Å². The molecule has 1 rings (SSSR count). The van der Waals surface area contributed by atoms with Gasteiger partial charge in [0.25, 0.3) is 5.24 Å². The number of nitriles is 1. The predicted molar refractivity (Wildman–Crippen MR) is 45.7 cm³/mol. The molecule has 0 aliphatic carbocycles. The Morgan fingerprint density at radius 3 is 2.85 bits per heavy atom. The van der Waals surface area contributed by atoms with Crippen LogP contribution in [0.25, 0.3) is 0 Å². The summed E-state index contributed by atoms with van der Waals surface area (Å²) in [5.74, 6) is 0.197. The lowest BCUT2D eigenvalue weighted by Crippen LogP contribution is -1.96. The third kappa shape index (κ3) is 2.17. The summed E-state index contributed by atoms with van der Waals surface area (Å²) in [6, 6.07) is 4.47. The number of rotatable bonds is 2. The van der Waals surface area contributed by atoms with E-state index < -0.39 is 5.24 Å². The summed E-state index contributed by atoms with van der Waals surface area (Å²) in [6.07, 6.45) is 0. The van der Waals surface area contributed by atoms with Gasteiger partial charge in [-0.3, -0.25) is 4.79 Å². The summed E-state index contributed by atoms with van der Waals surface area (Å²) in [6.45, 7) is 0. The molecule has 0 spiro atoms. The van der Waals surface area contributed by atoms with Crippen LogP contribution >= 0.6 is 11.6 Å². The quantitative estimate of drug-likeness (QED) is 0.670. The lowest BCUT2D eigenvalue weighted by atomic mass is 10.2. The summed E-state index contributed by atoms with van der Waals surface area (Å²) < 4.78 is 4.77. The number of carbonyl (C=O) groups is 1. The fourth-order valence-electron chi connectivity index (χ4n) is 0.781. The highest BCUT2D eigenvalue weighted by Crippen LogP contribution is 2.13. The number of methoxy groups -OCH3 is 1. The van der Waals surface area contributed by atoms with E-state index in [0.717, 1.165) is 0 Å². The summed E-state index contributed by atoms with van der Waals surface area (Å²) >= 11 is 5.23. The van der Waals surface area contributed by atoms with Gasteiger partial charge in [0.2, 0.25) is 5.88 Å². The Morgan fingerprint density at radius 2 is 2.38 bits per heavy atom. The molecule has 0 N–H and O–H groups in total. The maximum Gasteiger partial charge on any atom is 0.252 e. The lowest BCUT2D eigenvalue weighted by molar-refractivity contribution is 0.108. The second-order valence-corrected chi connectivity index (χ2v) is 2.51. The van der Waals surface area contributed by atoms with Crippen LogP contribution in [0.1, 0.15) is 16.1 Å². The number of ether oxygens (including phenoxy) is 1. The maximum atomic E-state index is 10.8. The minimum atomic E-state index is -0.641. The second-order valence-electron chi connectivity index (χ2n) is 2.17. The smallest absolute Gasteiger partial charge is 0.252 e. The fraction of sp³-hybridized carbons (Fsp3) is 0.125. The van der Waals surface area contributed by atoms with Gasteiger partial charge in [0.15, 0.2) is 0 Å². The summed E-state index contributed by atoms with van der Waals surface area (Å²) in [5, 5.41) is 7.90. The van der Waals surface area contributed by atoms with Gasteiger partial charge in [-0.2, -0.15) is 5.26 Å². The van der Waals surface area contributed by atoms with E-state index >= 15 is 0 Å². The van der Waals surface area contributed by atoms with Crippen LogP contribution in [0, 0.1) is 11.3 Å². The van der Waals surface area contributed by atoms with Crippen LogP contribution in [0.5, 0.6) is 5.88 Å². The van der Waals surface area contributed by atoms with E-state index in [-0.39, 0.29) is 17.1 Å². The Labute approximate surface area is 79.7 Å². The zero-order valence-corrected chi connectivity index (χ0v) is 7.50. The van der Waals surface area contributed by atoms with Crippen molar-refractivity contribution in [3.63, 3.8) is 0 Å². The highest BCUT2D eigenvalue weighted by molar-refractivity contribution is 6.67. The molecule has 4 nitrogen and oxygen atoms in total. The van der Waals surface area contributed by atoms with Crippen molar-refractivity contribution in [1.82, 2.24) is 4.98 Å². The standard InChI is InChI=1S/C8H5ClN2O2/c1-13-7-3-5(8(9)12)2-6(4-10)11-7/h2-3H,1H3. The molecule has 66 valence electrons. The molecule has 0 fully saturated rings. The van der Waals surface area contributed by atoms with Gasteiger partial charge in [0.1, 0.15) is 11.8 Å². The number of halogens is 1. The minimum Gasteiger partial charge on any atom is -0.481 e. The highest BCUT2D eigenvalue weighted by Gasteiger charge is 2.07. The number of nitrogens with zero attached hydrogens (tertiary/aromatic N) is 2. The molecule has 1 heterocycles. The first-order valence-electron chi connectivity index (χ1n) is 3.33. The van der Waals surface area contributed by atoms with E-state index in [2.05, 4.69) is 4.98 Å². The SMILES string of the molecule is COc1cc(C(=O)Cl)cc(C#N)n1. The second kappa shape index (κ2) is 3.87. The third-order valence-corrected chi connectivity index (χ3v) is 1.57. The zero-order valence-electron chi connectivity index (χ0n) is 6.74. The molecule has 1 aromatic heterocycles. The van der Waals surface area contributed by atoms with E-state index in [1.807, 2.05) is 0 Å². The average molecular weight is 197 g/mol. The van der Waals surface area contributed by atoms with Gasteiger partial charge in [0, 0.05) is 11.6 Å². The lowest BCUT2D eigenvalue weighted by Gasteiger charge is -2.00. The van der Waals surface area contributed by atoms with Crippen LogP contribution < -0.4 is 4.74 Å². The Morgan fingerprint density at radius 1 is 1.69 bits per heavy atom. The van der Waals surface area contributed by atoms with Gasteiger partial charge < -0.3 is 4.74 Å². The van der Waals surface area contributed by atoms with E-state index in [1.165, 1.54) is 19.2 Å². The van der Waals surface area contributed by atoms with Crippen molar-refractivity contribution < 1.29 is 9.53 Å². The van der Waals surface area contributed by atoms with E-state index in [0.29, 0.717) is 0 Å². The van der Waals surface area contributed by atoms with Crippen molar-refractivity contribution >= 4 is 16.8 Å². The topological polar surface area (TPSA) is 63.0 Å². The highest BCUT2D eigenvalue weighted by atomic mass is 35.5. The molecule has 0 aliphatic rings. The van der Waals surface area contributed by atoms with Gasteiger partial charge in [-0.25, -0.2) is 4.98 Å². The van der Waals surface area contributed by atoms with Gasteiger partial charge in [-0.1, -0.05) is 0 Å². The van der Waals surface area contributed by atoms with Crippen molar-refractivity contribution in [2.24, 2.45) is 0 Å². The molecule has 0 bridgehead atoms. The third-order valence-electron chi connectivity index (χ3n) is 1.35. The summed E-state index contributed by atoms with van der Waals surface area (Å²) in [7, 11) is 1.39. The van der Waals surface area contributed by atoms with Gasteiger partial charge in [0.05, 0.1) is 7.11 Å². The zero-order chi connectivity index (χ0) is 9.84. The number of aromatic nitrogens is 1. The van der Waals surface area contributed by atoms with Gasteiger partial charge in [-0.05, 0) is 17.7 Å². The molecule has 13 heavy (non-hydrogen) atoms. The molecule has 0 aliphatic heterocycles. The van der Waals surface area contributed by atoms with Crippen molar-refractivity contribution in [1.29, 1.82) is 5.26 Å². The first kappa shape index (κ1) is 9.49. The van der Waals surface area contributed by atoms with Crippen molar-refractivity contribution in [3.05, 3.63) is 23.4 Å². The molecule has 0 aromatic carbocycles. The molecular formula is C8H5ClN2O2. The van der Waals surface area contributed by atoms with Crippen molar-refractivity contribution in [2.45, 2.75) is 0 Å². The number of carbonyl (C=O) groups excluding carboxylic acids is 1. The van der Waals surface area contributed by atoms with Crippen LogP contribution in [-0.4, -0.2) is 17.3 Å². The molecule has 5 heteroatoms. The molecular weight excluding hydrogens is 192 g/mol. The largest absolute Gasteiger partial charge is 0.481 e. The molecule has 0 atom stereocenters. The van der Waals surface area contributed by atoms with E-state index in [9.17, 15) is 4.79 Å². The first-order valence-corrected chi connectivity index (χ1v) is 3.71. The van der Waals surface area contributed by atoms with Gasteiger partial charge in [-0.15, -0.1) is 0 Å². The number of pyridine rings is 1. The molecule has 1 aromatic rings. The normalized spacial score (nSPS) is 9.00. The average Bonchev–Trinajstić information content (AvgIpc) is 2.16. The first-order chi connectivity index (χ1) is 6.17. The summed E-state index contributed by atoms with van der Waals surface area (Å²) in [4.78, 5) is 14.5. The molecule has 0 saturated carbocycles. The number of hydrogen-bond donors (Lipinski definition) is 0. The molecule has 0 saturated heterocycles. The Kier molecular flexibility index (Phi) is 2.83. The van der Waals surface area contributed by atoms with Crippen LogP contribution in [0.3, 0.4) is 0 Å². The molecule has 0 unspecified atom stereocenters. The maximum absolute atomic E-state index is 10.8. The fourth-order valence-corrected chi connectivity index (χ4v) is 0.890. The van der Waals surface area contributed by atoms with Crippen LogP contribution in [0.2, 0.25) is 0 Å². The summed E-state index contributed by atoms with van der Waals surface area (Å²) in [5.41, 5.74) is 0.299. The van der Waals surface area contributed by atoms with Crippen molar-refractivity contribution in [2.75, 3.05) is 7.11 Å². The molecule has 0 radical (unpaired) electrons. The van der Waals surface area contributed by atoms with Crippen LogP contribution in [0.15, 0.2) is 12.1 Å². The Hall–Kier alpha value is -1.60. The Balaban J connectivity index is 3.24. The predicted octanol–water partition coefficient (Wildman–Crippen LogP) is 1.34. The number of hydrogen-bond acceptors (Lipinski definition) is 4. The minimum absolute atomic E-state index is 0.100. The van der Waals surface area contributed by atoms with E-state index in [1.54, 1.807) is 6.07 Å².